The summed E-state index contributed by atoms with van der Waals surface area (Å²) in [7, 11) is 1.48. The largest absolute Gasteiger partial charge is 0.497 e. The molecule has 3 aromatic rings. The van der Waals surface area contributed by atoms with Crippen LogP contribution in [0.5, 0.6) is 5.75 Å². The summed E-state index contributed by atoms with van der Waals surface area (Å²) in [6, 6.07) is 15.7. The van der Waals surface area contributed by atoms with Gasteiger partial charge in [0.15, 0.2) is 0 Å². The second-order valence-corrected chi connectivity index (χ2v) is 7.89. The van der Waals surface area contributed by atoms with Gasteiger partial charge in [0.1, 0.15) is 11.4 Å². The Hall–Kier alpha value is -4.17. The van der Waals surface area contributed by atoms with Gasteiger partial charge in [-0.2, -0.15) is 0 Å². The van der Waals surface area contributed by atoms with Crippen molar-refractivity contribution in [2.24, 2.45) is 0 Å². The smallest absolute Gasteiger partial charge is 0.272 e. The molecule has 0 bridgehead atoms. The van der Waals surface area contributed by atoms with Crippen LogP contribution in [0.3, 0.4) is 0 Å². The Morgan fingerprint density at radius 3 is 2.32 bits per heavy atom. The number of rotatable bonds is 7. The van der Waals surface area contributed by atoms with Crippen LogP contribution in [0.4, 0.5) is 11.4 Å². The van der Waals surface area contributed by atoms with Gasteiger partial charge < -0.3 is 15.4 Å². The Labute approximate surface area is 201 Å². The molecule has 0 heterocycles. The lowest BCUT2D eigenvalue weighted by molar-refractivity contribution is -0.384. The number of hydrogen-bond donors (Lipinski definition) is 2. The van der Waals surface area contributed by atoms with E-state index in [2.05, 4.69) is 10.6 Å². The molecular weight excluding hydrogens is 458 g/mol. The van der Waals surface area contributed by atoms with Crippen LogP contribution in [-0.2, 0) is 4.79 Å². The number of anilines is 1. The zero-order chi connectivity index (χ0) is 24.8. The van der Waals surface area contributed by atoms with E-state index < -0.39 is 16.7 Å². The summed E-state index contributed by atoms with van der Waals surface area (Å²) in [5.41, 5.74) is 2.96. The number of hydrogen-bond acceptors (Lipinski definition) is 5. The van der Waals surface area contributed by atoms with Gasteiger partial charge in [-0.25, -0.2) is 0 Å². The number of methoxy groups -OCH3 is 1. The minimum atomic E-state index is -0.600. The maximum Gasteiger partial charge on any atom is 0.272 e. The fraction of sp³-hybridized carbons (Fsp3) is 0.120. The van der Waals surface area contributed by atoms with Crippen molar-refractivity contribution in [2.75, 3.05) is 12.4 Å². The summed E-state index contributed by atoms with van der Waals surface area (Å²) in [5, 5.41) is 16.5. The van der Waals surface area contributed by atoms with Crippen LogP contribution < -0.4 is 15.4 Å². The Morgan fingerprint density at radius 1 is 1.03 bits per heavy atom. The number of amides is 2. The van der Waals surface area contributed by atoms with Crippen molar-refractivity contribution in [3.63, 3.8) is 0 Å². The molecule has 0 aliphatic heterocycles. The molecule has 34 heavy (non-hydrogen) atoms. The van der Waals surface area contributed by atoms with E-state index in [1.165, 1.54) is 49.6 Å². The van der Waals surface area contributed by atoms with Crippen molar-refractivity contribution in [1.29, 1.82) is 0 Å². The molecule has 0 aliphatic carbocycles. The number of nitro benzene ring substituents is 1. The van der Waals surface area contributed by atoms with Crippen LogP contribution in [0, 0.1) is 24.0 Å². The zero-order valence-electron chi connectivity index (χ0n) is 18.7. The van der Waals surface area contributed by atoms with Crippen molar-refractivity contribution in [3.8, 4) is 5.75 Å². The molecule has 2 amide bonds. The lowest BCUT2D eigenvalue weighted by Crippen LogP contribution is -2.31. The van der Waals surface area contributed by atoms with Gasteiger partial charge in [0.25, 0.3) is 17.5 Å². The number of nitro groups is 1. The summed E-state index contributed by atoms with van der Waals surface area (Å²) in [5.74, 6) is -0.685. The predicted molar refractivity (Wildman–Crippen MR) is 131 cm³/mol. The second-order valence-electron chi connectivity index (χ2n) is 7.48. The molecule has 0 unspecified atom stereocenters. The molecule has 0 saturated carbocycles. The van der Waals surface area contributed by atoms with E-state index in [4.69, 9.17) is 16.3 Å². The van der Waals surface area contributed by atoms with Crippen LogP contribution in [0.1, 0.15) is 27.0 Å². The summed E-state index contributed by atoms with van der Waals surface area (Å²) >= 11 is 6.21. The average molecular weight is 480 g/mol. The molecule has 0 radical (unpaired) electrons. The first-order chi connectivity index (χ1) is 16.2. The Kier molecular flexibility index (Phi) is 7.65. The van der Waals surface area contributed by atoms with Crippen LogP contribution in [0.2, 0.25) is 5.02 Å². The zero-order valence-corrected chi connectivity index (χ0v) is 19.5. The number of carbonyl (C=O) groups is 2. The number of non-ortho nitro benzene ring substituents is 1. The third-order valence-corrected chi connectivity index (χ3v) is 5.27. The van der Waals surface area contributed by atoms with Gasteiger partial charge in [0.05, 0.1) is 22.6 Å². The molecule has 9 heteroatoms. The minimum absolute atomic E-state index is 0.0642. The highest BCUT2D eigenvalue weighted by molar-refractivity contribution is 6.34. The molecule has 0 atom stereocenters. The fourth-order valence-electron chi connectivity index (χ4n) is 3.16. The first kappa shape index (κ1) is 24.5. The summed E-state index contributed by atoms with van der Waals surface area (Å²) in [6.07, 6.45) is 1.43. The molecule has 2 N–H and O–H groups in total. The SMILES string of the molecule is COc1ccc(C(=O)N/C(=C/c2ccc([N+](=O)[O-])cc2)C(=O)Nc2ccc(C)cc2C)c(Cl)c1. The van der Waals surface area contributed by atoms with Gasteiger partial charge in [-0.05, 0) is 67.4 Å². The fourth-order valence-corrected chi connectivity index (χ4v) is 3.41. The van der Waals surface area contributed by atoms with E-state index >= 15 is 0 Å². The third-order valence-electron chi connectivity index (χ3n) is 4.96. The van der Waals surface area contributed by atoms with Crippen molar-refractivity contribution < 1.29 is 19.2 Å². The third kappa shape index (κ3) is 5.99. The first-order valence-corrected chi connectivity index (χ1v) is 10.6. The Morgan fingerprint density at radius 2 is 1.74 bits per heavy atom. The number of aryl methyl sites for hydroxylation is 2. The molecule has 0 fully saturated rings. The van der Waals surface area contributed by atoms with E-state index in [0.717, 1.165) is 11.1 Å². The number of ether oxygens (including phenoxy) is 1. The highest BCUT2D eigenvalue weighted by Gasteiger charge is 2.18. The lowest BCUT2D eigenvalue weighted by atomic mass is 10.1. The number of nitrogens with one attached hydrogen (secondary N) is 2. The normalized spacial score (nSPS) is 11.0. The van der Waals surface area contributed by atoms with E-state index in [9.17, 15) is 19.7 Å². The molecule has 8 nitrogen and oxygen atoms in total. The van der Waals surface area contributed by atoms with Gasteiger partial charge in [-0.1, -0.05) is 29.3 Å². The molecule has 3 rings (SSSR count). The molecular formula is C25H22ClN3O5. The topological polar surface area (TPSA) is 111 Å². The van der Waals surface area contributed by atoms with E-state index in [-0.39, 0.29) is 22.0 Å². The standard InChI is InChI=1S/C25H22ClN3O5/c1-15-4-11-22(16(2)12-15)27-25(31)23(13-17-5-7-18(8-6-17)29(32)33)28-24(30)20-10-9-19(34-3)14-21(20)26/h4-14H,1-3H3,(H,27,31)(H,28,30)/b23-13+. The highest BCUT2D eigenvalue weighted by atomic mass is 35.5. The van der Waals surface area contributed by atoms with Crippen molar-refractivity contribution in [3.05, 3.63) is 104 Å². The number of nitrogens with zero attached hydrogens (tertiary/aromatic N) is 1. The summed E-state index contributed by atoms with van der Waals surface area (Å²) in [6.45, 7) is 3.80. The highest BCUT2D eigenvalue weighted by Crippen LogP contribution is 2.23. The van der Waals surface area contributed by atoms with Crippen LogP contribution >= 0.6 is 11.6 Å². The Balaban J connectivity index is 1.94. The molecule has 0 spiro atoms. The van der Waals surface area contributed by atoms with Crippen LogP contribution in [-0.4, -0.2) is 23.8 Å². The molecule has 174 valence electrons. The number of halogens is 1. The van der Waals surface area contributed by atoms with Crippen molar-refractivity contribution >= 4 is 40.9 Å². The first-order valence-electron chi connectivity index (χ1n) is 10.2. The van der Waals surface area contributed by atoms with Crippen LogP contribution in [0.15, 0.2) is 66.4 Å². The van der Waals surface area contributed by atoms with Gasteiger partial charge >= 0.3 is 0 Å². The number of carbonyl (C=O) groups excluding carboxylic acids is 2. The monoisotopic (exact) mass is 479 g/mol. The lowest BCUT2D eigenvalue weighted by Gasteiger charge is -2.14. The van der Waals surface area contributed by atoms with Crippen molar-refractivity contribution in [1.82, 2.24) is 5.32 Å². The molecule has 0 saturated heterocycles. The quantitative estimate of drug-likeness (QED) is 0.272. The van der Waals surface area contributed by atoms with Gasteiger partial charge in [-0.3, -0.25) is 19.7 Å². The molecule has 0 aliphatic rings. The summed E-state index contributed by atoms with van der Waals surface area (Å²) in [4.78, 5) is 36.5. The second kappa shape index (κ2) is 10.6. The summed E-state index contributed by atoms with van der Waals surface area (Å²) < 4.78 is 5.10. The minimum Gasteiger partial charge on any atom is -0.497 e. The van der Waals surface area contributed by atoms with Gasteiger partial charge in [0, 0.05) is 17.8 Å². The molecule has 3 aromatic carbocycles. The van der Waals surface area contributed by atoms with E-state index in [1.54, 1.807) is 12.1 Å². The van der Waals surface area contributed by atoms with E-state index in [0.29, 0.717) is 17.0 Å². The average Bonchev–Trinajstić information content (AvgIpc) is 2.80. The van der Waals surface area contributed by atoms with Gasteiger partial charge in [-0.15, -0.1) is 0 Å². The Bertz CT molecular complexity index is 1290. The maximum atomic E-state index is 13.1. The maximum absolute atomic E-state index is 13.1. The van der Waals surface area contributed by atoms with Gasteiger partial charge in [0.2, 0.25) is 0 Å². The number of benzene rings is 3. The van der Waals surface area contributed by atoms with E-state index in [1.807, 2.05) is 26.0 Å². The molecule has 0 aromatic heterocycles. The van der Waals surface area contributed by atoms with Crippen LogP contribution in [0.25, 0.3) is 6.08 Å². The van der Waals surface area contributed by atoms with Crippen molar-refractivity contribution in [2.45, 2.75) is 13.8 Å². The predicted octanol–water partition coefficient (Wildman–Crippen LogP) is 5.28.